The predicted molar refractivity (Wildman–Crippen MR) is 82.4 cm³/mol. The van der Waals surface area contributed by atoms with E-state index >= 15 is 0 Å². The third-order valence-corrected chi connectivity index (χ3v) is 4.21. The van der Waals surface area contributed by atoms with Crippen LogP contribution in [0.5, 0.6) is 0 Å². The second-order valence-electron chi connectivity index (χ2n) is 5.10. The molecule has 1 saturated carbocycles. The third kappa shape index (κ3) is 4.34. The summed E-state index contributed by atoms with van der Waals surface area (Å²) in [6, 6.07) is 7.37. The highest BCUT2D eigenvalue weighted by atomic mass is 79.9. The van der Waals surface area contributed by atoms with Crippen molar-refractivity contribution >= 4 is 33.4 Å². The van der Waals surface area contributed by atoms with Gasteiger partial charge in [-0.15, -0.1) is 0 Å². The highest BCUT2D eigenvalue weighted by Crippen LogP contribution is 2.21. The van der Waals surface area contributed by atoms with Gasteiger partial charge in [-0.3, -0.25) is 9.59 Å². The fraction of sp³-hybridized carbons (Fsp3) is 0.467. The zero-order chi connectivity index (χ0) is 14.4. The molecule has 5 heteroatoms. The first-order valence-corrected chi connectivity index (χ1v) is 7.82. The Bertz CT molecular complexity index is 483. The van der Waals surface area contributed by atoms with E-state index in [1.54, 1.807) is 6.07 Å². The first-order chi connectivity index (χ1) is 9.66. The Labute approximate surface area is 127 Å². The van der Waals surface area contributed by atoms with Crippen LogP contribution in [-0.2, 0) is 9.59 Å². The van der Waals surface area contributed by atoms with E-state index in [1.165, 1.54) is 12.8 Å². The van der Waals surface area contributed by atoms with Crippen LogP contribution in [0.1, 0.15) is 38.5 Å². The van der Waals surface area contributed by atoms with Crippen molar-refractivity contribution in [1.29, 1.82) is 0 Å². The SMILES string of the molecule is O=C(Nc1ccccc1Br)C(=O)NC1CCCCCC1. The maximum atomic E-state index is 11.9. The summed E-state index contributed by atoms with van der Waals surface area (Å²) in [5, 5.41) is 5.45. The molecule has 4 nitrogen and oxygen atoms in total. The lowest BCUT2D eigenvalue weighted by Crippen LogP contribution is -2.41. The number of benzene rings is 1. The molecular formula is C15H19BrN2O2. The summed E-state index contributed by atoms with van der Waals surface area (Å²) in [5.74, 6) is -1.16. The van der Waals surface area contributed by atoms with Crippen LogP contribution in [0.25, 0.3) is 0 Å². The molecule has 1 aliphatic carbocycles. The summed E-state index contributed by atoms with van der Waals surface area (Å²) >= 11 is 3.34. The smallest absolute Gasteiger partial charge is 0.313 e. The molecule has 1 aliphatic rings. The number of amides is 2. The molecule has 20 heavy (non-hydrogen) atoms. The van der Waals surface area contributed by atoms with Gasteiger partial charge in [-0.1, -0.05) is 37.8 Å². The molecule has 2 rings (SSSR count). The van der Waals surface area contributed by atoms with E-state index in [0.29, 0.717) is 5.69 Å². The van der Waals surface area contributed by atoms with Gasteiger partial charge in [0.25, 0.3) is 0 Å². The molecule has 0 bridgehead atoms. The highest BCUT2D eigenvalue weighted by Gasteiger charge is 2.20. The fourth-order valence-corrected chi connectivity index (χ4v) is 2.80. The maximum absolute atomic E-state index is 11.9. The monoisotopic (exact) mass is 338 g/mol. The van der Waals surface area contributed by atoms with Gasteiger partial charge in [0.05, 0.1) is 5.69 Å². The molecule has 1 fully saturated rings. The van der Waals surface area contributed by atoms with Crippen LogP contribution >= 0.6 is 15.9 Å². The maximum Gasteiger partial charge on any atom is 0.313 e. The van der Waals surface area contributed by atoms with Crippen LogP contribution < -0.4 is 10.6 Å². The Hall–Kier alpha value is -1.36. The topological polar surface area (TPSA) is 58.2 Å². The lowest BCUT2D eigenvalue weighted by Gasteiger charge is -2.16. The zero-order valence-electron chi connectivity index (χ0n) is 11.3. The number of rotatable bonds is 2. The minimum Gasteiger partial charge on any atom is -0.345 e. The van der Waals surface area contributed by atoms with Gasteiger partial charge < -0.3 is 10.6 Å². The zero-order valence-corrected chi connectivity index (χ0v) is 12.9. The third-order valence-electron chi connectivity index (χ3n) is 3.52. The van der Waals surface area contributed by atoms with E-state index in [1.807, 2.05) is 18.2 Å². The van der Waals surface area contributed by atoms with Gasteiger partial charge in [0.15, 0.2) is 0 Å². The van der Waals surface area contributed by atoms with Gasteiger partial charge in [-0.2, -0.15) is 0 Å². The number of hydrogen-bond acceptors (Lipinski definition) is 2. The molecule has 0 heterocycles. The number of hydrogen-bond donors (Lipinski definition) is 2. The molecule has 0 aromatic heterocycles. The van der Waals surface area contributed by atoms with Gasteiger partial charge in [0.1, 0.15) is 0 Å². The van der Waals surface area contributed by atoms with E-state index in [-0.39, 0.29) is 6.04 Å². The summed E-state index contributed by atoms with van der Waals surface area (Å²) in [6.07, 6.45) is 6.61. The second kappa shape index (κ2) is 7.43. The molecule has 0 unspecified atom stereocenters. The van der Waals surface area contributed by atoms with Gasteiger partial charge in [0, 0.05) is 10.5 Å². The largest absolute Gasteiger partial charge is 0.345 e. The number of nitrogens with one attached hydrogen (secondary N) is 2. The summed E-state index contributed by atoms with van der Waals surface area (Å²) in [5.41, 5.74) is 0.605. The Morgan fingerprint density at radius 2 is 1.65 bits per heavy atom. The predicted octanol–water partition coefficient (Wildman–Crippen LogP) is 3.23. The van der Waals surface area contributed by atoms with Crippen molar-refractivity contribution in [3.05, 3.63) is 28.7 Å². The van der Waals surface area contributed by atoms with Gasteiger partial charge >= 0.3 is 11.8 Å². The molecule has 2 amide bonds. The first-order valence-electron chi connectivity index (χ1n) is 7.03. The van der Waals surface area contributed by atoms with Crippen molar-refractivity contribution in [2.45, 2.75) is 44.6 Å². The molecule has 0 aliphatic heterocycles. The number of anilines is 1. The molecule has 1 aromatic carbocycles. The molecule has 0 spiro atoms. The van der Waals surface area contributed by atoms with E-state index < -0.39 is 11.8 Å². The lowest BCUT2D eigenvalue weighted by molar-refractivity contribution is -0.136. The molecule has 2 N–H and O–H groups in total. The fourth-order valence-electron chi connectivity index (χ4n) is 2.42. The Morgan fingerprint density at radius 3 is 2.30 bits per heavy atom. The van der Waals surface area contributed by atoms with Gasteiger partial charge in [-0.25, -0.2) is 0 Å². The number of carbonyl (C=O) groups is 2. The van der Waals surface area contributed by atoms with Crippen molar-refractivity contribution < 1.29 is 9.59 Å². The van der Waals surface area contributed by atoms with E-state index in [2.05, 4.69) is 26.6 Å². The first kappa shape index (κ1) is 15.0. The van der Waals surface area contributed by atoms with Crippen LogP contribution in [0, 0.1) is 0 Å². The molecule has 0 saturated heterocycles. The second-order valence-corrected chi connectivity index (χ2v) is 5.95. The average molecular weight is 339 g/mol. The highest BCUT2D eigenvalue weighted by molar-refractivity contribution is 9.10. The summed E-state index contributed by atoms with van der Waals surface area (Å²) < 4.78 is 0.760. The van der Waals surface area contributed by atoms with Crippen molar-refractivity contribution in [3.63, 3.8) is 0 Å². The van der Waals surface area contributed by atoms with Gasteiger partial charge in [0.2, 0.25) is 0 Å². The van der Waals surface area contributed by atoms with E-state index in [4.69, 9.17) is 0 Å². The van der Waals surface area contributed by atoms with Gasteiger partial charge in [-0.05, 0) is 40.9 Å². The van der Waals surface area contributed by atoms with E-state index in [0.717, 1.165) is 30.2 Å². The van der Waals surface area contributed by atoms with Crippen LogP contribution in [0.15, 0.2) is 28.7 Å². The van der Waals surface area contributed by atoms with E-state index in [9.17, 15) is 9.59 Å². The minimum absolute atomic E-state index is 0.134. The number of halogens is 1. The van der Waals surface area contributed by atoms with Crippen molar-refractivity contribution in [2.24, 2.45) is 0 Å². The molecular weight excluding hydrogens is 320 g/mol. The summed E-state index contributed by atoms with van der Waals surface area (Å²) in [4.78, 5) is 23.8. The number of carbonyl (C=O) groups excluding carboxylic acids is 2. The summed E-state index contributed by atoms with van der Waals surface area (Å²) in [6.45, 7) is 0. The Morgan fingerprint density at radius 1 is 1.00 bits per heavy atom. The van der Waals surface area contributed by atoms with Crippen LogP contribution in [0.2, 0.25) is 0 Å². The molecule has 0 radical (unpaired) electrons. The average Bonchev–Trinajstić information content (AvgIpc) is 2.70. The normalized spacial score (nSPS) is 16.2. The standard InChI is InChI=1S/C15H19BrN2O2/c16-12-9-5-6-10-13(12)18-15(20)14(19)17-11-7-3-1-2-4-8-11/h5-6,9-11H,1-4,7-8H2,(H,17,19)(H,18,20). The Balaban J connectivity index is 1.88. The lowest BCUT2D eigenvalue weighted by atomic mass is 10.1. The van der Waals surface area contributed by atoms with Crippen LogP contribution in [-0.4, -0.2) is 17.9 Å². The van der Waals surface area contributed by atoms with Crippen LogP contribution in [0.3, 0.4) is 0 Å². The Kier molecular flexibility index (Phi) is 5.59. The number of para-hydroxylation sites is 1. The summed E-state index contributed by atoms with van der Waals surface area (Å²) in [7, 11) is 0. The van der Waals surface area contributed by atoms with Crippen LogP contribution in [0.4, 0.5) is 5.69 Å². The molecule has 0 atom stereocenters. The van der Waals surface area contributed by atoms with Crippen molar-refractivity contribution in [1.82, 2.24) is 5.32 Å². The molecule has 108 valence electrons. The molecule has 1 aromatic rings. The van der Waals surface area contributed by atoms with Crippen molar-refractivity contribution in [3.8, 4) is 0 Å². The quantitative estimate of drug-likeness (QED) is 0.642. The minimum atomic E-state index is -0.610. The van der Waals surface area contributed by atoms with Crippen molar-refractivity contribution in [2.75, 3.05) is 5.32 Å².